The third-order valence-corrected chi connectivity index (χ3v) is 4.51. The Morgan fingerprint density at radius 1 is 0.773 bits per heavy atom. The number of carbonyl (C=O) groups is 2. The minimum absolute atomic E-state index is 0.0435. The number of ether oxygens (including phenoxy) is 2. The van der Waals surface area contributed by atoms with Crippen molar-refractivity contribution in [1.29, 1.82) is 0 Å². The maximum atomic E-state index is 11.7. The second-order valence-electron chi connectivity index (χ2n) is 6.10. The summed E-state index contributed by atoms with van der Waals surface area (Å²) in [5, 5.41) is 3.27. The van der Waals surface area contributed by atoms with Crippen molar-refractivity contribution in [2.75, 3.05) is 0 Å². The molecular formula is C14H20N2O6. The fourth-order valence-electron chi connectivity index (χ4n) is 3.30. The number of carbonyl (C=O) groups excluding carboxylic acids is 2. The molecule has 6 aliphatic rings. The third kappa shape index (κ3) is 2.60. The van der Waals surface area contributed by atoms with Gasteiger partial charge in [-0.3, -0.25) is 9.59 Å². The second kappa shape index (κ2) is 5.77. The second-order valence-corrected chi connectivity index (χ2v) is 6.10. The van der Waals surface area contributed by atoms with E-state index in [2.05, 4.69) is 0 Å². The Morgan fingerprint density at radius 3 is 1.45 bits per heavy atom. The van der Waals surface area contributed by atoms with Crippen LogP contribution in [0.4, 0.5) is 0 Å². The van der Waals surface area contributed by atoms with Crippen LogP contribution in [-0.4, -0.2) is 47.0 Å². The summed E-state index contributed by atoms with van der Waals surface area (Å²) >= 11 is 0. The van der Waals surface area contributed by atoms with Crippen LogP contribution in [0.15, 0.2) is 0 Å². The lowest BCUT2D eigenvalue weighted by Crippen LogP contribution is -2.51. The van der Waals surface area contributed by atoms with Crippen LogP contribution < -0.4 is 0 Å². The maximum Gasteiger partial charge on any atom is 0.325 e. The summed E-state index contributed by atoms with van der Waals surface area (Å²) in [5.74, 6) is -0.523. The molecule has 0 spiro atoms. The van der Waals surface area contributed by atoms with Crippen molar-refractivity contribution >= 4 is 11.9 Å². The fraction of sp³-hybridized carbons (Fsp3) is 0.857. The van der Waals surface area contributed by atoms with Gasteiger partial charge in [-0.05, 0) is 38.5 Å². The summed E-state index contributed by atoms with van der Waals surface area (Å²) < 4.78 is 10.7. The van der Waals surface area contributed by atoms with E-state index in [1.165, 1.54) is 0 Å². The zero-order valence-electron chi connectivity index (χ0n) is 12.3. The first-order valence-corrected chi connectivity index (χ1v) is 8.00. The topological polar surface area (TPSA) is 77.5 Å². The Labute approximate surface area is 128 Å². The highest BCUT2D eigenvalue weighted by Crippen LogP contribution is 2.38. The van der Waals surface area contributed by atoms with Crippen LogP contribution in [0.2, 0.25) is 0 Å². The van der Waals surface area contributed by atoms with E-state index in [9.17, 15) is 9.59 Å². The summed E-state index contributed by atoms with van der Waals surface area (Å²) in [7, 11) is 0. The molecule has 0 amide bonds. The monoisotopic (exact) mass is 312 g/mol. The molecule has 0 aromatic carbocycles. The first-order chi connectivity index (χ1) is 10.7. The molecule has 22 heavy (non-hydrogen) atoms. The molecule has 6 aliphatic heterocycles. The molecule has 6 heterocycles. The van der Waals surface area contributed by atoms with E-state index in [4.69, 9.17) is 19.1 Å². The molecular weight excluding hydrogens is 292 g/mol. The zero-order chi connectivity index (χ0) is 15.1. The van der Waals surface area contributed by atoms with E-state index >= 15 is 0 Å². The molecule has 0 aliphatic carbocycles. The molecule has 0 aromatic heterocycles. The van der Waals surface area contributed by atoms with Crippen molar-refractivity contribution in [2.24, 2.45) is 0 Å². The smallest absolute Gasteiger partial charge is 0.325 e. The zero-order valence-corrected chi connectivity index (χ0v) is 12.3. The average Bonchev–Trinajstić information content (AvgIpc) is 3.24. The molecule has 4 unspecified atom stereocenters. The van der Waals surface area contributed by atoms with E-state index in [1.807, 2.05) is 0 Å². The number of nitrogens with zero attached hydrogens (tertiary/aromatic N) is 2. The average molecular weight is 312 g/mol. The first kappa shape index (κ1) is 14.4. The van der Waals surface area contributed by atoms with Gasteiger partial charge in [0.25, 0.3) is 0 Å². The van der Waals surface area contributed by atoms with Crippen LogP contribution in [0, 0.1) is 0 Å². The summed E-state index contributed by atoms with van der Waals surface area (Å²) in [6.45, 7) is 0. The van der Waals surface area contributed by atoms with Gasteiger partial charge in [-0.1, -0.05) is 10.1 Å². The summed E-state index contributed by atoms with van der Waals surface area (Å²) in [4.78, 5) is 33.8. The Balaban J connectivity index is 1.07. The molecule has 0 saturated carbocycles. The fourth-order valence-corrected chi connectivity index (χ4v) is 3.30. The van der Waals surface area contributed by atoms with E-state index in [-0.39, 0.29) is 36.9 Å². The van der Waals surface area contributed by atoms with Crippen molar-refractivity contribution in [2.45, 2.75) is 76.3 Å². The number of hydrogen-bond donors (Lipinski definition) is 0. The Bertz CT molecular complexity index is 402. The van der Waals surface area contributed by atoms with Gasteiger partial charge in [0.1, 0.15) is 24.9 Å². The molecule has 8 nitrogen and oxygen atoms in total. The lowest BCUT2D eigenvalue weighted by Gasteiger charge is -2.37. The third-order valence-electron chi connectivity index (χ3n) is 4.51. The van der Waals surface area contributed by atoms with E-state index in [0.29, 0.717) is 25.7 Å². The predicted octanol–water partition coefficient (Wildman–Crippen LogP) is 1.02. The van der Waals surface area contributed by atoms with Gasteiger partial charge in [-0.2, -0.15) is 0 Å². The molecule has 4 atom stereocenters. The number of unbranched alkanes of at least 4 members (excludes halogenated alkanes) is 1. The highest BCUT2D eigenvalue weighted by atomic mass is 16.8. The van der Waals surface area contributed by atoms with Gasteiger partial charge in [0, 0.05) is 12.8 Å². The molecule has 0 aromatic rings. The van der Waals surface area contributed by atoms with Crippen LogP contribution in [0.3, 0.4) is 0 Å². The molecule has 0 radical (unpaired) electrons. The molecule has 8 heteroatoms. The number of hydroxylamine groups is 4. The molecule has 0 N–H and O–H groups in total. The molecule has 6 fully saturated rings. The van der Waals surface area contributed by atoms with Crippen LogP contribution in [0.5, 0.6) is 0 Å². The van der Waals surface area contributed by atoms with Crippen molar-refractivity contribution in [3.05, 3.63) is 0 Å². The van der Waals surface area contributed by atoms with Gasteiger partial charge in [0.2, 0.25) is 0 Å². The largest absolute Gasteiger partial charge is 0.363 e. The van der Waals surface area contributed by atoms with E-state index in [1.54, 1.807) is 10.1 Å². The van der Waals surface area contributed by atoms with Gasteiger partial charge in [0.15, 0.2) is 0 Å². The highest BCUT2D eigenvalue weighted by molar-refractivity contribution is 5.70. The van der Waals surface area contributed by atoms with Gasteiger partial charge in [0.05, 0.1) is 0 Å². The maximum absolute atomic E-state index is 11.7. The molecule has 122 valence electrons. The number of hydrogen-bond acceptors (Lipinski definition) is 8. The Morgan fingerprint density at radius 2 is 1.14 bits per heavy atom. The Kier molecular flexibility index (Phi) is 3.77. The quantitative estimate of drug-likeness (QED) is 0.645. The van der Waals surface area contributed by atoms with E-state index in [0.717, 1.165) is 25.7 Å². The van der Waals surface area contributed by atoms with Crippen LogP contribution >= 0.6 is 0 Å². The molecule has 6 rings (SSSR count). The first-order valence-electron chi connectivity index (χ1n) is 8.00. The minimum atomic E-state index is -0.261. The van der Waals surface area contributed by atoms with Crippen LogP contribution in [-0.2, 0) is 28.7 Å². The number of rotatable bonds is 7. The summed E-state index contributed by atoms with van der Waals surface area (Å²) in [5.41, 5.74) is 0. The van der Waals surface area contributed by atoms with Gasteiger partial charge in [-0.15, -0.1) is 0 Å². The minimum Gasteiger partial charge on any atom is -0.363 e. The van der Waals surface area contributed by atoms with Crippen molar-refractivity contribution in [3.8, 4) is 0 Å². The lowest BCUT2D eigenvalue weighted by atomic mass is 10.2. The lowest BCUT2D eigenvalue weighted by molar-refractivity contribution is -0.370. The van der Waals surface area contributed by atoms with Crippen molar-refractivity contribution in [1.82, 2.24) is 10.1 Å². The predicted molar refractivity (Wildman–Crippen MR) is 70.1 cm³/mol. The summed E-state index contributed by atoms with van der Waals surface area (Å²) in [6, 6.07) is 0. The van der Waals surface area contributed by atoms with E-state index < -0.39 is 0 Å². The Hall–Kier alpha value is -1.22. The molecule has 6 saturated heterocycles. The van der Waals surface area contributed by atoms with Crippen molar-refractivity contribution in [3.63, 3.8) is 0 Å². The SMILES string of the molecule is O=C(CCCCC(=O)ON1C2CCC1O2)ON1C2CCC1O2. The van der Waals surface area contributed by atoms with Crippen molar-refractivity contribution < 1.29 is 28.7 Å². The van der Waals surface area contributed by atoms with Crippen LogP contribution in [0.1, 0.15) is 51.4 Å². The van der Waals surface area contributed by atoms with Gasteiger partial charge < -0.3 is 19.1 Å². The number of fused-ring (bicyclic) bond motifs is 2. The highest BCUT2D eigenvalue weighted by Gasteiger charge is 2.50. The van der Waals surface area contributed by atoms with Crippen LogP contribution in [0.25, 0.3) is 0 Å². The standard InChI is InChI=1S/C14H20N2O6/c17-13(21-15-9-5-6-10(15)19-9)3-1-2-4-14(18)22-16-11-7-8-12(16)20-11/h9-12H,1-8H2. The molecule has 4 bridgehead atoms. The summed E-state index contributed by atoms with van der Waals surface area (Å²) in [6.07, 6.45) is 5.36. The van der Waals surface area contributed by atoms with Gasteiger partial charge >= 0.3 is 11.9 Å². The van der Waals surface area contributed by atoms with Gasteiger partial charge in [-0.25, -0.2) is 0 Å². The normalized spacial score (nSPS) is 35.8.